The van der Waals surface area contributed by atoms with Crippen molar-refractivity contribution in [2.45, 2.75) is 0 Å². The number of nitrogens with one attached hydrogen (secondary N) is 1. The number of aromatic nitrogens is 2. The van der Waals surface area contributed by atoms with Gasteiger partial charge in [0.15, 0.2) is 5.82 Å². The number of non-ortho nitro benzene ring substituents is 1. The zero-order chi connectivity index (χ0) is 15.4. The molecule has 108 valence electrons. The maximum absolute atomic E-state index is 10.7. The van der Waals surface area contributed by atoms with E-state index in [1.165, 1.54) is 24.7 Å². The molecule has 1 aromatic heterocycles. The summed E-state index contributed by atoms with van der Waals surface area (Å²) in [6.07, 6.45) is 2.96. The Morgan fingerprint density at radius 1 is 1.14 bits per heavy atom. The van der Waals surface area contributed by atoms with Gasteiger partial charge in [-0.2, -0.15) is 5.10 Å². The lowest BCUT2D eigenvalue weighted by Crippen LogP contribution is -1.96. The maximum Gasteiger partial charge on any atom is 0.270 e. The second-order valence-corrected chi connectivity index (χ2v) is 4.46. The average Bonchev–Trinajstić information content (AvgIpc) is 2.55. The van der Waals surface area contributed by atoms with Crippen molar-refractivity contribution in [1.29, 1.82) is 0 Å². The molecule has 22 heavy (non-hydrogen) atoms. The minimum atomic E-state index is -0.442. The van der Waals surface area contributed by atoms with Gasteiger partial charge in [-0.3, -0.25) is 15.5 Å². The second-order valence-electron chi connectivity index (χ2n) is 4.46. The number of rotatable bonds is 4. The molecule has 1 N–H and O–H groups in total. The van der Waals surface area contributed by atoms with Gasteiger partial charge in [0.2, 0.25) is 0 Å². The number of para-hydroxylation sites is 1. The third kappa shape index (κ3) is 2.88. The van der Waals surface area contributed by atoms with Crippen LogP contribution in [0.1, 0.15) is 5.56 Å². The SMILES string of the molecule is O=[N+]([O-])c1cccc(C=NNc2ncnc3ccccc23)c1. The number of hydrazone groups is 1. The van der Waals surface area contributed by atoms with Gasteiger partial charge in [-0.05, 0) is 12.1 Å². The molecule has 0 radical (unpaired) electrons. The molecule has 0 amide bonds. The fourth-order valence-corrected chi connectivity index (χ4v) is 1.98. The van der Waals surface area contributed by atoms with Crippen LogP contribution in [-0.4, -0.2) is 21.1 Å². The van der Waals surface area contributed by atoms with Gasteiger partial charge in [-0.15, -0.1) is 0 Å². The van der Waals surface area contributed by atoms with E-state index in [-0.39, 0.29) is 5.69 Å². The molecular weight excluding hydrogens is 282 g/mol. The third-order valence-corrected chi connectivity index (χ3v) is 3.01. The molecule has 0 unspecified atom stereocenters. The highest BCUT2D eigenvalue weighted by Crippen LogP contribution is 2.18. The van der Waals surface area contributed by atoms with E-state index in [9.17, 15) is 10.1 Å². The van der Waals surface area contributed by atoms with Gasteiger partial charge in [0.05, 0.1) is 16.7 Å². The van der Waals surface area contributed by atoms with E-state index >= 15 is 0 Å². The van der Waals surface area contributed by atoms with Crippen LogP contribution in [0.2, 0.25) is 0 Å². The summed E-state index contributed by atoms with van der Waals surface area (Å²) < 4.78 is 0. The van der Waals surface area contributed by atoms with Gasteiger partial charge in [-0.1, -0.05) is 24.3 Å². The summed E-state index contributed by atoms with van der Waals surface area (Å²) in [6.45, 7) is 0. The van der Waals surface area contributed by atoms with E-state index < -0.39 is 4.92 Å². The molecular formula is C15H11N5O2. The first-order chi connectivity index (χ1) is 10.7. The molecule has 3 rings (SSSR count). The Morgan fingerprint density at radius 2 is 2.00 bits per heavy atom. The number of fused-ring (bicyclic) bond motifs is 1. The Morgan fingerprint density at radius 3 is 2.86 bits per heavy atom. The summed E-state index contributed by atoms with van der Waals surface area (Å²) in [4.78, 5) is 18.6. The van der Waals surface area contributed by atoms with E-state index in [1.54, 1.807) is 12.1 Å². The molecule has 1 heterocycles. The number of nitro groups is 1. The number of nitro benzene ring substituents is 1. The lowest BCUT2D eigenvalue weighted by Gasteiger charge is -2.03. The molecule has 7 heteroatoms. The molecule has 7 nitrogen and oxygen atoms in total. The highest BCUT2D eigenvalue weighted by Gasteiger charge is 2.04. The fraction of sp³-hybridized carbons (Fsp3) is 0. The van der Waals surface area contributed by atoms with Gasteiger partial charge in [0.25, 0.3) is 5.69 Å². The standard InChI is InChI=1S/C15H11N5O2/c21-20(22)12-5-3-4-11(8-12)9-18-19-15-13-6-1-2-7-14(13)16-10-17-15/h1-10H,(H,16,17,19). The minimum absolute atomic E-state index is 0.0245. The lowest BCUT2D eigenvalue weighted by atomic mass is 10.2. The molecule has 0 aliphatic heterocycles. The lowest BCUT2D eigenvalue weighted by molar-refractivity contribution is -0.384. The Bertz CT molecular complexity index is 858. The Hall–Kier alpha value is -3.35. The Labute approximate surface area is 125 Å². The van der Waals surface area contributed by atoms with Gasteiger partial charge in [-0.25, -0.2) is 9.97 Å². The molecule has 3 aromatic rings. The minimum Gasteiger partial charge on any atom is -0.261 e. The summed E-state index contributed by atoms with van der Waals surface area (Å²) in [6, 6.07) is 13.8. The number of benzene rings is 2. The van der Waals surface area contributed by atoms with Crippen molar-refractivity contribution >= 4 is 28.6 Å². The molecule has 0 spiro atoms. The second kappa shape index (κ2) is 5.96. The first-order valence-corrected chi connectivity index (χ1v) is 6.47. The van der Waals surface area contributed by atoms with Crippen molar-refractivity contribution in [3.8, 4) is 0 Å². The topological polar surface area (TPSA) is 93.3 Å². The summed E-state index contributed by atoms with van der Waals surface area (Å²) in [5, 5.41) is 15.6. The monoisotopic (exact) mass is 293 g/mol. The molecule has 0 saturated carbocycles. The molecule has 0 aliphatic carbocycles. The first kappa shape index (κ1) is 13.6. The smallest absolute Gasteiger partial charge is 0.261 e. The van der Waals surface area contributed by atoms with E-state index in [0.29, 0.717) is 11.4 Å². The average molecular weight is 293 g/mol. The van der Waals surface area contributed by atoms with E-state index in [2.05, 4.69) is 20.5 Å². The zero-order valence-corrected chi connectivity index (χ0v) is 11.4. The van der Waals surface area contributed by atoms with Crippen molar-refractivity contribution in [2.24, 2.45) is 5.10 Å². The van der Waals surface area contributed by atoms with Gasteiger partial charge < -0.3 is 0 Å². The van der Waals surface area contributed by atoms with Crippen LogP contribution in [0.5, 0.6) is 0 Å². The molecule has 0 saturated heterocycles. The summed E-state index contributed by atoms with van der Waals surface area (Å²) in [5.74, 6) is 0.576. The van der Waals surface area contributed by atoms with Crippen LogP contribution in [-0.2, 0) is 0 Å². The van der Waals surface area contributed by atoms with Crippen LogP contribution < -0.4 is 5.43 Å². The van der Waals surface area contributed by atoms with Crippen LogP contribution >= 0.6 is 0 Å². The van der Waals surface area contributed by atoms with Crippen molar-refractivity contribution in [2.75, 3.05) is 5.43 Å². The predicted octanol–water partition coefficient (Wildman–Crippen LogP) is 2.98. The molecule has 0 fully saturated rings. The number of nitrogens with zero attached hydrogens (tertiary/aromatic N) is 4. The van der Waals surface area contributed by atoms with Gasteiger partial charge in [0, 0.05) is 23.1 Å². The largest absolute Gasteiger partial charge is 0.270 e. The zero-order valence-electron chi connectivity index (χ0n) is 11.4. The van der Waals surface area contributed by atoms with Crippen LogP contribution in [0.3, 0.4) is 0 Å². The summed E-state index contributed by atoms with van der Waals surface area (Å²) in [7, 11) is 0. The van der Waals surface area contributed by atoms with Crippen molar-refractivity contribution in [1.82, 2.24) is 9.97 Å². The molecule has 0 atom stereocenters. The predicted molar refractivity (Wildman–Crippen MR) is 83.9 cm³/mol. The van der Waals surface area contributed by atoms with Crippen LogP contribution in [0, 0.1) is 10.1 Å². The maximum atomic E-state index is 10.7. The number of anilines is 1. The van der Waals surface area contributed by atoms with Crippen LogP contribution in [0.25, 0.3) is 10.9 Å². The number of hydrogen-bond donors (Lipinski definition) is 1. The first-order valence-electron chi connectivity index (χ1n) is 6.47. The highest BCUT2D eigenvalue weighted by molar-refractivity contribution is 5.89. The van der Waals surface area contributed by atoms with E-state index in [0.717, 1.165) is 10.9 Å². The summed E-state index contributed by atoms with van der Waals surface area (Å²) in [5.41, 5.74) is 4.29. The van der Waals surface area contributed by atoms with E-state index in [4.69, 9.17) is 0 Å². The highest BCUT2D eigenvalue weighted by atomic mass is 16.6. The Kier molecular flexibility index (Phi) is 3.69. The van der Waals surface area contributed by atoms with Crippen molar-refractivity contribution < 1.29 is 4.92 Å². The third-order valence-electron chi connectivity index (χ3n) is 3.01. The molecule has 0 bridgehead atoms. The van der Waals surface area contributed by atoms with Gasteiger partial charge in [0.1, 0.15) is 6.33 Å². The van der Waals surface area contributed by atoms with Crippen LogP contribution in [0.4, 0.5) is 11.5 Å². The van der Waals surface area contributed by atoms with Crippen molar-refractivity contribution in [3.63, 3.8) is 0 Å². The summed E-state index contributed by atoms with van der Waals surface area (Å²) >= 11 is 0. The van der Waals surface area contributed by atoms with Gasteiger partial charge >= 0.3 is 0 Å². The molecule has 2 aromatic carbocycles. The van der Waals surface area contributed by atoms with E-state index in [1.807, 2.05) is 24.3 Å². The Balaban J connectivity index is 1.82. The van der Waals surface area contributed by atoms with Crippen LogP contribution in [0.15, 0.2) is 60.0 Å². The quantitative estimate of drug-likeness (QED) is 0.453. The molecule has 0 aliphatic rings. The number of hydrogen-bond acceptors (Lipinski definition) is 6. The fourth-order valence-electron chi connectivity index (χ4n) is 1.98. The normalized spacial score (nSPS) is 10.9. The van der Waals surface area contributed by atoms with Crippen molar-refractivity contribution in [3.05, 3.63) is 70.5 Å².